The number of allylic oxidation sites excluding steroid dienone is 2. The van der Waals surface area contributed by atoms with Crippen LogP contribution < -0.4 is 5.32 Å². The summed E-state index contributed by atoms with van der Waals surface area (Å²) in [6, 6.07) is -1.18. The Morgan fingerprint density at radius 3 is 1.19 bits per heavy atom. The van der Waals surface area contributed by atoms with E-state index in [9.17, 15) is 40.5 Å². The van der Waals surface area contributed by atoms with Gasteiger partial charge in [0.15, 0.2) is 6.29 Å². The molecule has 1 rings (SSSR count). The molecule has 0 aromatic rings. The molecular weight excluding hydrogens is 907 g/mol. The molecule has 0 saturated carbocycles. The van der Waals surface area contributed by atoms with Crippen LogP contribution in [0.1, 0.15) is 303 Å². The molecule has 1 saturated heterocycles. The molecule has 11 heteroatoms. The lowest BCUT2D eigenvalue weighted by Crippen LogP contribution is -2.60. The Morgan fingerprint density at radius 1 is 0.472 bits per heavy atom. The number of ether oxygens (including phenoxy) is 2. The van der Waals surface area contributed by atoms with Crippen molar-refractivity contribution in [1.29, 1.82) is 0 Å². The number of hydrogen-bond acceptors (Lipinski definition) is 10. The average Bonchev–Trinajstić information content (AvgIpc) is 3.38. The normalized spacial score (nSPS) is 20.0. The van der Waals surface area contributed by atoms with E-state index in [0.29, 0.717) is 12.8 Å². The number of carbonyl (C=O) groups is 1. The van der Waals surface area contributed by atoms with Gasteiger partial charge in [-0.3, -0.25) is 4.79 Å². The summed E-state index contributed by atoms with van der Waals surface area (Å²) in [5.41, 5.74) is 0. The summed E-state index contributed by atoms with van der Waals surface area (Å²) in [6.07, 6.45) is 48.6. The van der Waals surface area contributed by atoms with Gasteiger partial charge in [-0.1, -0.05) is 276 Å². The van der Waals surface area contributed by atoms with Crippen molar-refractivity contribution in [3.05, 3.63) is 12.2 Å². The van der Waals surface area contributed by atoms with Crippen LogP contribution in [0.15, 0.2) is 12.2 Å². The molecule has 1 aliphatic rings. The molecule has 9 atom stereocenters. The van der Waals surface area contributed by atoms with Gasteiger partial charge in [0.05, 0.1) is 25.4 Å². The van der Waals surface area contributed by atoms with E-state index in [1.807, 2.05) is 0 Å². The van der Waals surface area contributed by atoms with Crippen LogP contribution in [-0.4, -0.2) is 110 Å². The minimum absolute atomic E-state index is 0.259. The van der Waals surface area contributed by atoms with Crippen LogP contribution in [0.3, 0.4) is 0 Å². The number of hydrogen-bond donors (Lipinski definition) is 8. The van der Waals surface area contributed by atoms with Crippen molar-refractivity contribution < 1.29 is 50.0 Å². The van der Waals surface area contributed by atoms with Gasteiger partial charge in [-0.15, -0.1) is 0 Å². The fourth-order valence-corrected chi connectivity index (χ4v) is 10.3. The quantitative estimate of drug-likeness (QED) is 0.0215. The van der Waals surface area contributed by atoms with Crippen molar-refractivity contribution in [3.8, 4) is 0 Å². The SMILES string of the molecule is CCCCCCCCCCCCCCCCCCCCCCCCCC/C=C/CCCC(O)C(O)C(COC1OC(CO)C(O)C(O)C1O)NC(=O)C(O)CCCCCCCCCCCCCCCCCC. The minimum atomic E-state index is -1.67. The van der Waals surface area contributed by atoms with E-state index >= 15 is 0 Å². The summed E-state index contributed by atoms with van der Waals surface area (Å²) >= 11 is 0. The molecule has 72 heavy (non-hydrogen) atoms. The first-order valence-corrected chi connectivity index (χ1v) is 31.1. The Labute approximate surface area is 442 Å². The Morgan fingerprint density at radius 2 is 0.819 bits per heavy atom. The van der Waals surface area contributed by atoms with Crippen LogP contribution in [0.5, 0.6) is 0 Å². The van der Waals surface area contributed by atoms with E-state index in [0.717, 1.165) is 38.5 Å². The summed E-state index contributed by atoms with van der Waals surface area (Å²) in [6.45, 7) is 3.48. The molecule has 8 N–H and O–H groups in total. The third-order valence-corrected chi connectivity index (χ3v) is 15.3. The third-order valence-electron chi connectivity index (χ3n) is 15.3. The molecule has 1 aliphatic heterocycles. The maximum Gasteiger partial charge on any atom is 0.249 e. The van der Waals surface area contributed by atoms with Crippen molar-refractivity contribution >= 4 is 5.91 Å². The van der Waals surface area contributed by atoms with Gasteiger partial charge in [0.2, 0.25) is 5.91 Å². The zero-order valence-corrected chi connectivity index (χ0v) is 46.9. The van der Waals surface area contributed by atoms with E-state index in [1.54, 1.807) is 0 Å². The van der Waals surface area contributed by atoms with E-state index < -0.39 is 74.2 Å². The van der Waals surface area contributed by atoms with Crippen LogP contribution in [0, 0.1) is 0 Å². The van der Waals surface area contributed by atoms with E-state index in [1.165, 1.54) is 225 Å². The van der Waals surface area contributed by atoms with Crippen molar-refractivity contribution in [2.45, 2.75) is 358 Å². The first kappa shape index (κ1) is 68.9. The molecule has 0 radical (unpaired) electrons. The van der Waals surface area contributed by atoms with Gasteiger partial charge < -0.3 is 50.5 Å². The lowest BCUT2D eigenvalue weighted by atomic mass is 9.98. The minimum Gasteiger partial charge on any atom is -0.394 e. The smallest absolute Gasteiger partial charge is 0.249 e. The van der Waals surface area contributed by atoms with Gasteiger partial charge in [-0.05, 0) is 38.5 Å². The summed E-state index contributed by atoms with van der Waals surface area (Å²) in [5.74, 6) is -0.701. The number of aliphatic hydroxyl groups excluding tert-OH is 7. The van der Waals surface area contributed by atoms with Crippen molar-refractivity contribution in [2.24, 2.45) is 0 Å². The fraction of sp³-hybridized carbons (Fsp3) is 0.951. The number of aliphatic hydroxyl groups is 7. The average molecular weight is 1030 g/mol. The zero-order chi connectivity index (χ0) is 52.5. The molecule has 0 aromatic heterocycles. The van der Waals surface area contributed by atoms with Crippen LogP contribution in [0.4, 0.5) is 0 Å². The van der Waals surface area contributed by atoms with Gasteiger partial charge in [-0.25, -0.2) is 0 Å². The number of carbonyl (C=O) groups excluding carboxylic acids is 1. The van der Waals surface area contributed by atoms with Crippen LogP contribution >= 0.6 is 0 Å². The van der Waals surface area contributed by atoms with Gasteiger partial charge in [0.1, 0.15) is 36.6 Å². The maximum atomic E-state index is 13.2. The predicted molar refractivity (Wildman–Crippen MR) is 298 cm³/mol. The number of amides is 1. The number of rotatable bonds is 54. The standard InChI is InChI=1S/C61H119NO10/c1-3-5-7-9-11-13-15-17-19-21-22-23-24-25-26-27-28-29-30-31-32-33-35-36-38-40-42-44-46-48-53(64)56(66)52(51-71-61-59(69)58(68)57(67)55(50-63)72-61)62-60(70)54(65)49-47-45-43-41-39-37-34-20-18-16-14-12-10-8-6-4-2/h40,42,52-59,61,63-69H,3-39,41,43-51H2,1-2H3,(H,62,70)/b42-40+. The van der Waals surface area contributed by atoms with E-state index in [2.05, 4.69) is 31.3 Å². The Kier molecular flexibility index (Phi) is 48.4. The van der Waals surface area contributed by atoms with Crippen molar-refractivity contribution in [2.75, 3.05) is 13.2 Å². The lowest BCUT2D eigenvalue weighted by molar-refractivity contribution is -0.303. The molecule has 0 bridgehead atoms. The Bertz CT molecular complexity index is 1180. The van der Waals surface area contributed by atoms with Gasteiger partial charge in [0.25, 0.3) is 0 Å². The maximum absolute atomic E-state index is 13.2. The third kappa shape index (κ3) is 38.4. The van der Waals surface area contributed by atoms with Crippen LogP contribution in [-0.2, 0) is 14.3 Å². The molecule has 1 amide bonds. The highest BCUT2D eigenvalue weighted by Gasteiger charge is 2.44. The van der Waals surface area contributed by atoms with Crippen molar-refractivity contribution in [1.82, 2.24) is 5.32 Å². The molecule has 0 spiro atoms. The highest BCUT2D eigenvalue weighted by molar-refractivity contribution is 5.80. The van der Waals surface area contributed by atoms with Gasteiger partial charge in [0, 0.05) is 0 Å². The summed E-state index contributed by atoms with van der Waals surface area (Å²) in [4.78, 5) is 13.2. The predicted octanol–water partition coefficient (Wildman–Crippen LogP) is 13.5. The lowest BCUT2D eigenvalue weighted by Gasteiger charge is -2.40. The highest BCUT2D eigenvalue weighted by atomic mass is 16.7. The second-order valence-electron chi connectivity index (χ2n) is 22.1. The Hall–Kier alpha value is -1.15. The number of unbranched alkanes of at least 4 members (excludes halogenated alkanes) is 40. The molecular formula is C61H119NO10. The van der Waals surface area contributed by atoms with Crippen LogP contribution in [0.2, 0.25) is 0 Å². The molecule has 428 valence electrons. The molecule has 1 fully saturated rings. The summed E-state index contributed by atoms with van der Waals surface area (Å²) in [5, 5.41) is 76.2. The largest absolute Gasteiger partial charge is 0.394 e. The molecule has 9 unspecified atom stereocenters. The highest BCUT2D eigenvalue weighted by Crippen LogP contribution is 2.24. The van der Waals surface area contributed by atoms with E-state index in [-0.39, 0.29) is 12.8 Å². The van der Waals surface area contributed by atoms with Gasteiger partial charge in [-0.2, -0.15) is 0 Å². The molecule has 0 aromatic carbocycles. The topological polar surface area (TPSA) is 189 Å². The second kappa shape index (κ2) is 50.7. The van der Waals surface area contributed by atoms with Crippen molar-refractivity contribution in [3.63, 3.8) is 0 Å². The van der Waals surface area contributed by atoms with Gasteiger partial charge >= 0.3 is 0 Å². The Balaban J connectivity index is 2.25. The summed E-state index contributed by atoms with van der Waals surface area (Å²) in [7, 11) is 0. The first-order valence-electron chi connectivity index (χ1n) is 31.1. The fourth-order valence-electron chi connectivity index (χ4n) is 10.3. The van der Waals surface area contributed by atoms with E-state index in [4.69, 9.17) is 9.47 Å². The second-order valence-corrected chi connectivity index (χ2v) is 22.1. The summed E-state index contributed by atoms with van der Waals surface area (Å²) < 4.78 is 11.1. The molecule has 0 aliphatic carbocycles. The van der Waals surface area contributed by atoms with Crippen LogP contribution in [0.25, 0.3) is 0 Å². The zero-order valence-electron chi connectivity index (χ0n) is 46.9. The number of nitrogens with one attached hydrogen (secondary N) is 1. The monoisotopic (exact) mass is 1030 g/mol. The molecule has 11 nitrogen and oxygen atoms in total. The molecule has 1 heterocycles. The first-order chi connectivity index (χ1) is 35.2.